The van der Waals surface area contributed by atoms with Crippen molar-refractivity contribution in [1.29, 1.82) is 0 Å². The summed E-state index contributed by atoms with van der Waals surface area (Å²) in [6.07, 6.45) is 1.04. The maximum atomic E-state index is 12.8. The third-order valence-corrected chi connectivity index (χ3v) is 6.27. The molecular formula is C26H28N2O6. The lowest BCUT2D eigenvalue weighted by Crippen LogP contribution is -2.52. The lowest BCUT2D eigenvalue weighted by atomic mass is 9.98. The fourth-order valence-corrected chi connectivity index (χ4v) is 4.60. The molecule has 0 saturated carbocycles. The van der Waals surface area contributed by atoms with Crippen LogP contribution in [0.2, 0.25) is 0 Å². The first-order chi connectivity index (χ1) is 16.5. The van der Waals surface area contributed by atoms with Crippen molar-refractivity contribution in [3.05, 3.63) is 72.3 Å². The molecule has 1 saturated heterocycles. The number of nitrogens with one attached hydrogen (secondary N) is 2. The summed E-state index contributed by atoms with van der Waals surface area (Å²) in [5, 5.41) is 14.6. The van der Waals surface area contributed by atoms with Crippen LogP contribution in [0.5, 0.6) is 0 Å². The van der Waals surface area contributed by atoms with Gasteiger partial charge in [-0.1, -0.05) is 54.6 Å². The molecule has 2 aromatic rings. The van der Waals surface area contributed by atoms with Gasteiger partial charge in [-0.25, -0.2) is 9.59 Å². The molecule has 4 rings (SSSR count). The summed E-state index contributed by atoms with van der Waals surface area (Å²) in [5.41, 5.74) is 4.45. The quantitative estimate of drug-likeness (QED) is 0.491. The van der Waals surface area contributed by atoms with E-state index in [9.17, 15) is 19.5 Å². The average Bonchev–Trinajstić information content (AvgIpc) is 3.43. The van der Waals surface area contributed by atoms with Crippen molar-refractivity contribution in [1.82, 2.24) is 10.6 Å². The Morgan fingerprint density at radius 2 is 1.76 bits per heavy atom. The maximum Gasteiger partial charge on any atom is 0.407 e. The number of hydrogen-bond acceptors (Lipinski definition) is 5. The van der Waals surface area contributed by atoms with E-state index in [1.165, 1.54) is 0 Å². The van der Waals surface area contributed by atoms with Crippen LogP contribution < -0.4 is 10.6 Å². The average molecular weight is 465 g/mol. The van der Waals surface area contributed by atoms with Crippen molar-refractivity contribution < 1.29 is 29.0 Å². The highest BCUT2D eigenvalue weighted by atomic mass is 16.5. The first-order valence-electron chi connectivity index (χ1n) is 11.4. The standard InChI is InChI=1S/C26H28N2O6/c1-2-3-12-22(24(29)27-21-13-14-33-23(21)25(30)31)28-26(32)34-15-20-18-10-6-4-8-16(18)17-9-5-7-11-19(17)20/h2,4-11,20-23H,1,3,12-15H2,(H,27,29)(H,28,32)(H,30,31)/t21-,22?,23+/m0/s1. The minimum Gasteiger partial charge on any atom is -0.479 e. The van der Waals surface area contributed by atoms with Crippen LogP contribution >= 0.6 is 0 Å². The first-order valence-corrected chi connectivity index (χ1v) is 11.4. The van der Waals surface area contributed by atoms with Crippen molar-refractivity contribution in [3.8, 4) is 11.1 Å². The summed E-state index contributed by atoms with van der Waals surface area (Å²) in [5.74, 6) is -1.70. The summed E-state index contributed by atoms with van der Waals surface area (Å²) in [7, 11) is 0. The van der Waals surface area contributed by atoms with Crippen LogP contribution in [-0.4, -0.2) is 54.5 Å². The number of fused-ring (bicyclic) bond motifs is 3. The Labute approximate surface area is 198 Å². The summed E-state index contributed by atoms with van der Waals surface area (Å²) in [4.78, 5) is 36.8. The van der Waals surface area contributed by atoms with Gasteiger partial charge in [0.15, 0.2) is 6.10 Å². The molecule has 178 valence electrons. The number of aliphatic carboxylic acids is 1. The van der Waals surface area contributed by atoms with E-state index in [-0.39, 0.29) is 19.1 Å². The first kappa shape index (κ1) is 23.5. The van der Waals surface area contributed by atoms with Gasteiger partial charge in [-0.2, -0.15) is 0 Å². The van der Waals surface area contributed by atoms with E-state index < -0.39 is 36.2 Å². The number of alkyl carbamates (subject to hydrolysis) is 1. The number of allylic oxidation sites excluding steroid dienone is 1. The van der Waals surface area contributed by atoms with Crippen LogP contribution in [0, 0.1) is 0 Å². The molecule has 2 amide bonds. The Kier molecular flexibility index (Phi) is 7.27. The fraction of sp³-hybridized carbons (Fsp3) is 0.346. The fourth-order valence-electron chi connectivity index (χ4n) is 4.60. The Hall–Kier alpha value is -3.65. The van der Waals surface area contributed by atoms with Crippen molar-refractivity contribution in [2.45, 2.75) is 43.4 Å². The Balaban J connectivity index is 1.39. The van der Waals surface area contributed by atoms with Crippen LogP contribution in [-0.2, 0) is 19.1 Å². The summed E-state index contributed by atoms with van der Waals surface area (Å²) >= 11 is 0. The number of rotatable bonds is 9. The second-order valence-corrected chi connectivity index (χ2v) is 8.42. The summed E-state index contributed by atoms with van der Waals surface area (Å²) in [6.45, 7) is 4.05. The highest BCUT2D eigenvalue weighted by molar-refractivity contribution is 5.87. The van der Waals surface area contributed by atoms with Crippen LogP contribution in [0.1, 0.15) is 36.3 Å². The van der Waals surface area contributed by atoms with E-state index in [1.807, 2.05) is 36.4 Å². The Morgan fingerprint density at radius 1 is 1.12 bits per heavy atom. The Morgan fingerprint density at radius 3 is 2.38 bits per heavy atom. The van der Waals surface area contributed by atoms with Gasteiger partial charge in [0, 0.05) is 12.5 Å². The van der Waals surface area contributed by atoms with E-state index in [1.54, 1.807) is 6.08 Å². The smallest absolute Gasteiger partial charge is 0.407 e. The third-order valence-electron chi connectivity index (χ3n) is 6.27. The van der Waals surface area contributed by atoms with Gasteiger partial charge in [0.2, 0.25) is 5.91 Å². The lowest BCUT2D eigenvalue weighted by Gasteiger charge is -2.22. The molecule has 1 fully saturated rings. The topological polar surface area (TPSA) is 114 Å². The van der Waals surface area contributed by atoms with Gasteiger partial charge in [-0.05, 0) is 41.5 Å². The Bertz CT molecular complexity index is 1040. The molecule has 2 aliphatic rings. The van der Waals surface area contributed by atoms with Gasteiger partial charge in [-0.15, -0.1) is 6.58 Å². The van der Waals surface area contributed by atoms with E-state index >= 15 is 0 Å². The number of carboxylic acids is 1. The second-order valence-electron chi connectivity index (χ2n) is 8.42. The molecular weight excluding hydrogens is 436 g/mol. The number of amides is 2. The van der Waals surface area contributed by atoms with E-state index in [2.05, 4.69) is 29.3 Å². The molecule has 1 heterocycles. The lowest BCUT2D eigenvalue weighted by molar-refractivity contribution is -0.148. The zero-order valence-electron chi connectivity index (χ0n) is 18.7. The van der Waals surface area contributed by atoms with Gasteiger partial charge in [0.25, 0.3) is 0 Å². The zero-order chi connectivity index (χ0) is 24.1. The minimum atomic E-state index is -1.13. The SMILES string of the molecule is C=CCCC(NC(=O)OCC1c2ccccc2-c2ccccc21)C(=O)N[C@H]1CCO[C@H]1C(=O)O. The molecule has 8 nitrogen and oxygen atoms in total. The normalized spacial score (nSPS) is 19.5. The molecule has 0 spiro atoms. The number of carboxylic acid groups (broad SMARTS) is 1. The van der Waals surface area contributed by atoms with E-state index in [0.717, 1.165) is 22.3 Å². The van der Waals surface area contributed by atoms with Gasteiger partial charge >= 0.3 is 12.1 Å². The highest BCUT2D eigenvalue weighted by Gasteiger charge is 2.37. The zero-order valence-corrected chi connectivity index (χ0v) is 18.7. The molecule has 2 aromatic carbocycles. The number of hydrogen-bond donors (Lipinski definition) is 3. The largest absolute Gasteiger partial charge is 0.479 e. The molecule has 3 atom stereocenters. The number of carbonyl (C=O) groups is 3. The molecule has 1 unspecified atom stereocenters. The number of benzene rings is 2. The van der Waals surface area contributed by atoms with Gasteiger partial charge in [-0.3, -0.25) is 4.79 Å². The summed E-state index contributed by atoms with van der Waals surface area (Å²) in [6, 6.07) is 14.5. The maximum absolute atomic E-state index is 12.8. The molecule has 0 bridgehead atoms. The van der Waals surface area contributed by atoms with Crippen molar-refractivity contribution in [3.63, 3.8) is 0 Å². The van der Waals surface area contributed by atoms with Crippen LogP contribution in [0.15, 0.2) is 61.2 Å². The summed E-state index contributed by atoms with van der Waals surface area (Å²) < 4.78 is 10.7. The predicted octanol–water partition coefficient (Wildman–Crippen LogP) is 3.22. The molecule has 1 aliphatic heterocycles. The number of carbonyl (C=O) groups excluding carboxylic acids is 2. The molecule has 1 aliphatic carbocycles. The van der Waals surface area contributed by atoms with Gasteiger partial charge < -0.3 is 25.2 Å². The van der Waals surface area contributed by atoms with Crippen molar-refractivity contribution in [2.75, 3.05) is 13.2 Å². The van der Waals surface area contributed by atoms with Crippen molar-refractivity contribution >= 4 is 18.0 Å². The molecule has 34 heavy (non-hydrogen) atoms. The predicted molar refractivity (Wildman–Crippen MR) is 125 cm³/mol. The second kappa shape index (κ2) is 10.5. The molecule has 0 aromatic heterocycles. The molecule has 8 heteroatoms. The molecule has 3 N–H and O–H groups in total. The number of ether oxygens (including phenoxy) is 2. The third kappa shape index (κ3) is 4.97. The monoisotopic (exact) mass is 464 g/mol. The van der Waals surface area contributed by atoms with Crippen molar-refractivity contribution in [2.24, 2.45) is 0 Å². The van der Waals surface area contributed by atoms with E-state index in [4.69, 9.17) is 9.47 Å². The van der Waals surface area contributed by atoms with Crippen LogP contribution in [0.4, 0.5) is 4.79 Å². The highest BCUT2D eigenvalue weighted by Crippen LogP contribution is 2.44. The van der Waals surface area contributed by atoms with Gasteiger partial charge in [0.05, 0.1) is 6.04 Å². The molecule has 0 radical (unpaired) electrons. The minimum absolute atomic E-state index is 0.0921. The van der Waals surface area contributed by atoms with Gasteiger partial charge in [0.1, 0.15) is 12.6 Å². The van der Waals surface area contributed by atoms with Crippen LogP contribution in [0.3, 0.4) is 0 Å². The van der Waals surface area contributed by atoms with E-state index in [0.29, 0.717) is 19.3 Å². The van der Waals surface area contributed by atoms with Crippen LogP contribution in [0.25, 0.3) is 11.1 Å².